The van der Waals surface area contributed by atoms with E-state index in [9.17, 15) is 9.59 Å². The first kappa shape index (κ1) is 19.8. The molecular weight excluding hydrogens is 383 g/mol. The summed E-state index contributed by atoms with van der Waals surface area (Å²) in [5, 5.41) is 3.06. The van der Waals surface area contributed by atoms with E-state index in [1.807, 2.05) is 0 Å². The maximum atomic E-state index is 12.2. The molecule has 1 aromatic carbocycles. The predicted octanol–water partition coefficient (Wildman–Crippen LogP) is 3.51. The van der Waals surface area contributed by atoms with Gasteiger partial charge in [-0.1, -0.05) is 23.2 Å². The molecule has 1 aromatic heterocycles. The van der Waals surface area contributed by atoms with Gasteiger partial charge in [0, 0.05) is 6.20 Å². The number of carbonyl (C=O) groups excluding carboxylic acids is 2. The van der Waals surface area contributed by atoms with Crippen LogP contribution in [0.15, 0.2) is 24.4 Å². The molecule has 0 radical (unpaired) electrons. The number of hydrogen-bond acceptors (Lipinski definition) is 6. The monoisotopic (exact) mass is 398 g/mol. The second-order valence-electron chi connectivity index (χ2n) is 5.08. The van der Waals surface area contributed by atoms with Crippen LogP contribution >= 0.6 is 23.2 Å². The van der Waals surface area contributed by atoms with Crippen LogP contribution < -0.4 is 14.8 Å². The molecule has 26 heavy (non-hydrogen) atoms. The lowest BCUT2D eigenvalue weighted by atomic mass is 10.2. The number of anilines is 1. The van der Waals surface area contributed by atoms with Gasteiger partial charge in [-0.15, -0.1) is 0 Å². The van der Waals surface area contributed by atoms with Crippen molar-refractivity contribution < 1.29 is 23.8 Å². The fourth-order valence-electron chi connectivity index (χ4n) is 1.99. The zero-order valence-corrected chi connectivity index (χ0v) is 15.8. The first-order valence-electron chi connectivity index (χ1n) is 7.37. The lowest BCUT2D eigenvalue weighted by Gasteiger charge is -2.11. The fraction of sp³-hybridized carbons (Fsp3) is 0.235. The van der Waals surface area contributed by atoms with Crippen LogP contribution in [0.25, 0.3) is 0 Å². The number of aromatic nitrogens is 1. The van der Waals surface area contributed by atoms with Crippen LogP contribution in [-0.4, -0.2) is 37.7 Å². The van der Waals surface area contributed by atoms with E-state index in [1.54, 1.807) is 19.1 Å². The van der Waals surface area contributed by atoms with Gasteiger partial charge in [-0.05, 0) is 30.7 Å². The number of methoxy groups -OCH3 is 2. The SMILES string of the molecule is COc1ccc(OC)c(C(=O)OCC(=O)Nc2ncc(Cl)c(C)c2Cl)c1. The van der Waals surface area contributed by atoms with Gasteiger partial charge in [0.2, 0.25) is 0 Å². The average molecular weight is 399 g/mol. The third-order valence-electron chi connectivity index (χ3n) is 3.42. The zero-order valence-electron chi connectivity index (χ0n) is 14.3. The van der Waals surface area contributed by atoms with Gasteiger partial charge in [-0.3, -0.25) is 4.79 Å². The smallest absolute Gasteiger partial charge is 0.342 e. The molecule has 0 unspecified atom stereocenters. The van der Waals surface area contributed by atoms with Gasteiger partial charge < -0.3 is 19.5 Å². The maximum Gasteiger partial charge on any atom is 0.342 e. The lowest BCUT2D eigenvalue weighted by Crippen LogP contribution is -2.22. The molecule has 2 rings (SSSR count). The first-order chi connectivity index (χ1) is 12.4. The van der Waals surface area contributed by atoms with Crippen molar-refractivity contribution in [2.75, 3.05) is 26.1 Å². The Labute approximate surface area is 160 Å². The number of ether oxygens (including phenoxy) is 3. The summed E-state index contributed by atoms with van der Waals surface area (Å²) < 4.78 is 15.2. The molecule has 7 nitrogen and oxygen atoms in total. The van der Waals surface area contributed by atoms with Gasteiger partial charge in [0.1, 0.15) is 17.1 Å². The summed E-state index contributed by atoms with van der Waals surface area (Å²) in [4.78, 5) is 28.2. The lowest BCUT2D eigenvalue weighted by molar-refractivity contribution is -0.119. The largest absolute Gasteiger partial charge is 0.497 e. The van der Waals surface area contributed by atoms with Crippen LogP contribution in [0.5, 0.6) is 11.5 Å². The van der Waals surface area contributed by atoms with Crippen molar-refractivity contribution in [2.24, 2.45) is 0 Å². The molecule has 9 heteroatoms. The van der Waals surface area contributed by atoms with E-state index in [4.69, 9.17) is 37.4 Å². The summed E-state index contributed by atoms with van der Waals surface area (Å²) >= 11 is 12.0. The minimum atomic E-state index is -0.734. The van der Waals surface area contributed by atoms with Crippen molar-refractivity contribution in [1.82, 2.24) is 4.98 Å². The summed E-state index contributed by atoms with van der Waals surface area (Å²) in [5.41, 5.74) is 0.717. The van der Waals surface area contributed by atoms with Gasteiger partial charge in [-0.2, -0.15) is 0 Å². The third kappa shape index (κ3) is 4.56. The number of benzene rings is 1. The van der Waals surface area contributed by atoms with Gasteiger partial charge in [-0.25, -0.2) is 9.78 Å². The van der Waals surface area contributed by atoms with Gasteiger partial charge in [0.05, 0.1) is 24.3 Å². The van der Waals surface area contributed by atoms with E-state index >= 15 is 0 Å². The van der Waals surface area contributed by atoms with Crippen molar-refractivity contribution in [3.05, 3.63) is 45.6 Å². The Morgan fingerprint density at radius 2 is 1.92 bits per heavy atom. The highest BCUT2D eigenvalue weighted by molar-refractivity contribution is 6.37. The van der Waals surface area contributed by atoms with Gasteiger partial charge >= 0.3 is 5.97 Å². The van der Waals surface area contributed by atoms with Gasteiger partial charge in [0.25, 0.3) is 5.91 Å². The molecule has 0 atom stereocenters. The van der Waals surface area contributed by atoms with Crippen LogP contribution in [0, 0.1) is 6.92 Å². The summed E-state index contributed by atoms with van der Waals surface area (Å²) in [6.45, 7) is 1.16. The number of nitrogens with zero attached hydrogens (tertiary/aromatic N) is 1. The van der Waals surface area contributed by atoms with Crippen LogP contribution in [0.4, 0.5) is 5.82 Å². The number of amides is 1. The molecule has 138 valence electrons. The minimum absolute atomic E-state index is 0.133. The highest BCUT2D eigenvalue weighted by Crippen LogP contribution is 2.28. The molecule has 0 aliphatic heterocycles. The molecule has 0 saturated heterocycles. The Bertz CT molecular complexity index is 842. The van der Waals surface area contributed by atoms with Crippen LogP contribution in [0.1, 0.15) is 15.9 Å². The van der Waals surface area contributed by atoms with Crippen LogP contribution in [-0.2, 0) is 9.53 Å². The molecule has 0 bridgehead atoms. The standard InChI is InChI=1S/C17H16Cl2N2O5/c1-9-12(18)7-20-16(15(9)19)21-14(22)8-26-17(23)11-6-10(24-2)4-5-13(11)25-3/h4-7H,8H2,1-3H3,(H,20,21,22). The molecule has 1 heterocycles. The van der Waals surface area contributed by atoms with E-state index in [-0.39, 0.29) is 16.4 Å². The number of rotatable bonds is 6. The zero-order chi connectivity index (χ0) is 19.3. The van der Waals surface area contributed by atoms with Gasteiger partial charge in [0.15, 0.2) is 12.4 Å². The van der Waals surface area contributed by atoms with Crippen molar-refractivity contribution in [1.29, 1.82) is 0 Å². The predicted molar refractivity (Wildman–Crippen MR) is 97.5 cm³/mol. The van der Waals surface area contributed by atoms with E-state index < -0.39 is 18.5 Å². The second kappa shape index (κ2) is 8.73. The Morgan fingerprint density at radius 1 is 1.19 bits per heavy atom. The van der Waals surface area contributed by atoms with Crippen LogP contribution in [0.3, 0.4) is 0 Å². The highest BCUT2D eigenvalue weighted by atomic mass is 35.5. The van der Waals surface area contributed by atoms with Crippen LogP contribution in [0.2, 0.25) is 10.0 Å². The molecule has 0 saturated carbocycles. The summed E-state index contributed by atoms with van der Waals surface area (Å²) in [7, 11) is 2.89. The molecule has 1 amide bonds. The van der Waals surface area contributed by atoms with E-state index in [0.717, 1.165) is 0 Å². The number of pyridine rings is 1. The second-order valence-corrected chi connectivity index (χ2v) is 5.87. The Kier molecular flexibility index (Phi) is 6.65. The minimum Gasteiger partial charge on any atom is -0.497 e. The number of hydrogen-bond donors (Lipinski definition) is 1. The highest BCUT2D eigenvalue weighted by Gasteiger charge is 2.18. The number of nitrogens with one attached hydrogen (secondary N) is 1. The van der Waals surface area contributed by atoms with Crippen molar-refractivity contribution >= 4 is 40.9 Å². The molecular formula is C17H16Cl2N2O5. The van der Waals surface area contributed by atoms with E-state index in [1.165, 1.54) is 26.5 Å². The van der Waals surface area contributed by atoms with Crippen molar-refractivity contribution in [2.45, 2.75) is 6.92 Å². The number of carbonyl (C=O) groups is 2. The normalized spacial score (nSPS) is 10.2. The quantitative estimate of drug-likeness (QED) is 0.749. The van der Waals surface area contributed by atoms with E-state index in [0.29, 0.717) is 22.1 Å². The molecule has 0 aliphatic carbocycles. The number of esters is 1. The molecule has 0 spiro atoms. The van der Waals surface area contributed by atoms with E-state index in [2.05, 4.69) is 10.3 Å². The Balaban J connectivity index is 2.04. The number of halogens is 2. The topological polar surface area (TPSA) is 86.8 Å². The Hall–Kier alpha value is -2.51. The average Bonchev–Trinajstić information content (AvgIpc) is 2.66. The third-order valence-corrected chi connectivity index (χ3v) is 4.26. The molecule has 0 fully saturated rings. The first-order valence-corrected chi connectivity index (χ1v) is 8.12. The summed E-state index contributed by atoms with van der Waals surface area (Å²) in [5.74, 6) is -0.448. The molecule has 0 aliphatic rings. The van der Waals surface area contributed by atoms with Crippen molar-refractivity contribution in [3.8, 4) is 11.5 Å². The summed E-state index contributed by atoms with van der Waals surface area (Å²) in [6.07, 6.45) is 1.37. The Morgan fingerprint density at radius 3 is 2.58 bits per heavy atom. The fourth-order valence-corrected chi connectivity index (χ4v) is 2.38. The maximum absolute atomic E-state index is 12.2. The molecule has 2 aromatic rings. The summed E-state index contributed by atoms with van der Waals surface area (Å²) in [6, 6.07) is 4.66. The molecule has 1 N–H and O–H groups in total. The van der Waals surface area contributed by atoms with Crippen molar-refractivity contribution in [3.63, 3.8) is 0 Å².